The summed E-state index contributed by atoms with van der Waals surface area (Å²) in [6.07, 6.45) is 3.15. The number of aromatic nitrogens is 2. The van der Waals surface area contributed by atoms with Gasteiger partial charge in [0.2, 0.25) is 0 Å². The molecule has 0 aromatic carbocycles. The van der Waals surface area contributed by atoms with Crippen LogP contribution in [0.15, 0.2) is 12.7 Å². The predicted molar refractivity (Wildman–Crippen MR) is 76.6 cm³/mol. The number of esters is 1. The van der Waals surface area contributed by atoms with Gasteiger partial charge in [0, 0.05) is 6.54 Å². The third-order valence-electron chi connectivity index (χ3n) is 2.50. The number of carbonyl (C=O) groups is 2. The first-order chi connectivity index (χ1) is 9.63. The van der Waals surface area contributed by atoms with E-state index in [0.717, 1.165) is 18.0 Å². The van der Waals surface area contributed by atoms with E-state index in [1.807, 2.05) is 6.92 Å². The van der Waals surface area contributed by atoms with Crippen molar-refractivity contribution in [2.24, 2.45) is 0 Å². The Morgan fingerprint density at radius 3 is 2.80 bits per heavy atom. The Morgan fingerprint density at radius 2 is 2.20 bits per heavy atom. The fraction of sp³-hybridized carbons (Fsp3) is 0.538. The third kappa shape index (κ3) is 4.41. The Balaban J connectivity index is 2.84. The van der Waals surface area contributed by atoms with Gasteiger partial charge in [-0.2, -0.15) is 0 Å². The van der Waals surface area contributed by atoms with Gasteiger partial charge >= 0.3 is 5.97 Å². The molecule has 0 atom stereocenters. The minimum absolute atomic E-state index is 0.0951. The van der Waals surface area contributed by atoms with Crippen LogP contribution in [0.3, 0.4) is 0 Å². The minimum atomic E-state index is -0.433. The summed E-state index contributed by atoms with van der Waals surface area (Å²) < 4.78 is 8.69. The summed E-state index contributed by atoms with van der Waals surface area (Å²) in [5, 5.41) is 3.96. The van der Waals surface area contributed by atoms with E-state index in [2.05, 4.69) is 16.2 Å². The summed E-state index contributed by atoms with van der Waals surface area (Å²) in [7, 11) is 0. The van der Waals surface area contributed by atoms with Crippen molar-refractivity contribution < 1.29 is 14.3 Å². The Labute approximate surface area is 122 Å². The maximum atomic E-state index is 12.4. The maximum absolute atomic E-state index is 12.4. The average Bonchev–Trinajstić information content (AvgIpc) is 2.86. The van der Waals surface area contributed by atoms with E-state index in [1.165, 1.54) is 4.90 Å². The van der Waals surface area contributed by atoms with Gasteiger partial charge in [0.1, 0.15) is 11.4 Å². The van der Waals surface area contributed by atoms with Crippen molar-refractivity contribution in [3.63, 3.8) is 0 Å². The van der Waals surface area contributed by atoms with Gasteiger partial charge in [-0.3, -0.25) is 9.59 Å². The van der Waals surface area contributed by atoms with Crippen LogP contribution in [0, 0.1) is 0 Å². The summed E-state index contributed by atoms with van der Waals surface area (Å²) in [6, 6.07) is 0. The van der Waals surface area contributed by atoms with Crippen LogP contribution in [0.5, 0.6) is 0 Å². The van der Waals surface area contributed by atoms with Gasteiger partial charge in [-0.05, 0) is 24.9 Å². The highest BCUT2D eigenvalue weighted by Crippen LogP contribution is 2.15. The van der Waals surface area contributed by atoms with Crippen LogP contribution < -0.4 is 0 Å². The van der Waals surface area contributed by atoms with Gasteiger partial charge in [-0.15, -0.1) is 11.7 Å². The molecule has 1 aromatic rings. The summed E-state index contributed by atoms with van der Waals surface area (Å²) in [5.74, 6) is -0.686. The van der Waals surface area contributed by atoms with Crippen molar-refractivity contribution in [3.05, 3.63) is 23.2 Å². The highest BCUT2D eigenvalue weighted by atomic mass is 32.1. The normalized spacial score (nSPS) is 10.1. The van der Waals surface area contributed by atoms with Crippen molar-refractivity contribution in [3.8, 4) is 0 Å². The smallest absolute Gasteiger partial charge is 0.325 e. The number of hydrogen-bond acceptors (Lipinski definition) is 6. The largest absolute Gasteiger partial charge is 0.465 e. The fourth-order valence-corrected chi connectivity index (χ4v) is 2.33. The molecule has 0 spiro atoms. The number of carbonyl (C=O) groups excluding carboxylic acids is 2. The molecule has 0 bridgehead atoms. The first-order valence-corrected chi connectivity index (χ1v) is 7.28. The lowest BCUT2D eigenvalue weighted by Gasteiger charge is -2.19. The van der Waals surface area contributed by atoms with Gasteiger partial charge in [-0.1, -0.05) is 23.9 Å². The third-order valence-corrected chi connectivity index (χ3v) is 3.25. The molecule has 7 heteroatoms. The van der Waals surface area contributed by atoms with Crippen LogP contribution in [0.25, 0.3) is 0 Å². The minimum Gasteiger partial charge on any atom is -0.465 e. The molecule has 0 N–H and O–H groups in total. The van der Waals surface area contributed by atoms with Crippen molar-refractivity contribution in [2.75, 3.05) is 19.7 Å². The number of ether oxygens (including phenoxy) is 1. The highest BCUT2D eigenvalue weighted by molar-refractivity contribution is 7.08. The molecular weight excluding hydrogens is 278 g/mol. The SMILES string of the molecule is C=CCN(CC(=O)OCC)C(=O)c1snnc1CCC. The van der Waals surface area contributed by atoms with E-state index in [1.54, 1.807) is 13.0 Å². The molecule has 1 rings (SSSR count). The van der Waals surface area contributed by atoms with Crippen LogP contribution in [0.4, 0.5) is 0 Å². The Bertz CT molecular complexity index is 473. The van der Waals surface area contributed by atoms with Crippen LogP contribution >= 0.6 is 11.5 Å². The van der Waals surface area contributed by atoms with Crippen LogP contribution in [-0.4, -0.2) is 46.1 Å². The van der Waals surface area contributed by atoms with E-state index in [9.17, 15) is 9.59 Å². The molecule has 0 saturated heterocycles. The van der Waals surface area contributed by atoms with Gasteiger partial charge in [0.05, 0.1) is 12.3 Å². The zero-order valence-corrected chi connectivity index (χ0v) is 12.6. The van der Waals surface area contributed by atoms with Gasteiger partial charge in [-0.25, -0.2) is 0 Å². The Morgan fingerprint density at radius 1 is 1.45 bits per heavy atom. The van der Waals surface area contributed by atoms with Crippen LogP contribution in [-0.2, 0) is 16.0 Å². The summed E-state index contributed by atoms with van der Waals surface area (Å²) in [4.78, 5) is 25.8. The van der Waals surface area contributed by atoms with E-state index >= 15 is 0 Å². The first-order valence-electron chi connectivity index (χ1n) is 6.51. The monoisotopic (exact) mass is 297 g/mol. The summed E-state index contributed by atoms with van der Waals surface area (Å²) in [6.45, 7) is 7.81. The van der Waals surface area contributed by atoms with Gasteiger partial charge < -0.3 is 9.64 Å². The van der Waals surface area contributed by atoms with Crippen LogP contribution in [0.2, 0.25) is 0 Å². The number of nitrogens with zero attached hydrogens (tertiary/aromatic N) is 3. The molecule has 1 heterocycles. The lowest BCUT2D eigenvalue weighted by molar-refractivity contribution is -0.143. The maximum Gasteiger partial charge on any atom is 0.325 e. The Hall–Kier alpha value is -1.76. The van der Waals surface area contributed by atoms with E-state index < -0.39 is 5.97 Å². The zero-order valence-electron chi connectivity index (χ0n) is 11.8. The number of amides is 1. The number of hydrogen-bond donors (Lipinski definition) is 0. The van der Waals surface area contributed by atoms with Crippen LogP contribution in [0.1, 0.15) is 35.6 Å². The molecule has 0 radical (unpaired) electrons. The standard InChI is InChI=1S/C13H19N3O3S/c1-4-7-10-12(20-15-14-10)13(18)16(8-5-2)9-11(17)19-6-3/h5H,2,4,6-9H2,1,3H3. The topological polar surface area (TPSA) is 72.4 Å². The fourth-order valence-electron chi connectivity index (χ4n) is 1.65. The lowest BCUT2D eigenvalue weighted by Crippen LogP contribution is -2.36. The van der Waals surface area contributed by atoms with Crippen molar-refractivity contribution in [1.29, 1.82) is 0 Å². The molecule has 6 nitrogen and oxygen atoms in total. The second kappa shape index (κ2) is 8.42. The van der Waals surface area contributed by atoms with Gasteiger partial charge in [0.15, 0.2) is 0 Å². The summed E-state index contributed by atoms with van der Waals surface area (Å²) >= 11 is 1.05. The predicted octanol–water partition coefficient (Wildman–Crippen LogP) is 1.68. The molecule has 0 aliphatic carbocycles. The van der Waals surface area contributed by atoms with Crippen molar-refractivity contribution in [1.82, 2.24) is 14.5 Å². The van der Waals surface area contributed by atoms with Crippen molar-refractivity contribution in [2.45, 2.75) is 26.7 Å². The molecule has 1 amide bonds. The molecule has 1 aromatic heterocycles. The van der Waals surface area contributed by atoms with E-state index in [0.29, 0.717) is 17.0 Å². The molecule has 0 saturated carbocycles. The number of rotatable bonds is 8. The van der Waals surface area contributed by atoms with E-state index in [4.69, 9.17) is 4.74 Å². The molecule has 110 valence electrons. The Kier molecular flexibility index (Phi) is 6.86. The number of aryl methyl sites for hydroxylation is 1. The lowest BCUT2D eigenvalue weighted by atomic mass is 10.2. The molecule has 0 aliphatic rings. The molecular formula is C13H19N3O3S. The van der Waals surface area contributed by atoms with E-state index in [-0.39, 0.29) is 25.6 Å². The molecule has 0 fully saturated rings. The summed E-state index contributed by atoms with van der Waals surface area (Å²) in [5.41, 5.74) is 0.681. The molecule has 0 aliphatic heterocycles. The van der Waals surface area contributed by atoms with Crippen molar-refractivity contribution >= 4 is 23.4 Å². The average molecular weight is 297 g/mol. The second-order valence-corrected chi connectivity index (χ2v) is 4.83. The quantitative estimate of drug-likeness (QED) is 0.539. The highest BCUT2D eigenvalue weighted by Gasteiger charge is 2.23. The second-order valence-electron chi connectivity index (χ2n) is 4.08. The first kappa shape index (κ1) is 16.3. The van der Waals surface area contributed by atoms with Gasteiger partial charge in [0.25, 0.3) is 5.91 Å². The molecule has 0 unspecified atom stereocenters. The molecule has 20 heavy (non-hydrogen) atoms. The zero-order chi connectivity index (χ0) is 15.0.